The topological polar surface area (TPSA) is 57.6 Å². The van der Waals surface area contributed by atoms with E-state index in [1.165, 1.54) is 71.0 Å². The highest BCUT2D eigenvalue weighted by Crippen LogP contribution is 2.21. The number of hydrogen-bond acceptors (Lipinski definition) is 3. The van der Waals surface area contributed by atoms with Crippen LogP contribution >= 0.6 is 0 Å². The molecule has 1 fully saturated rings. The second-order valence-corrected chi connectivity index (χ2v) is 7.33. The van der Waals surface area contributed by atoms with Crippen molar-refractivity contribution in [2.24, 2.45) is 5.92 Å². The van der Waals surface area contributed by atoms with E-state index in [9.17, 15) is 8.42 Å². The summed E-state index contributed by atoms with van der Waals surface area (Å²) in [5.74, 6) is 1.04. The monoisotopic (exact) mass is 307 g/mol. The van der Waals surface area contributed by atoms with E-state index in [-0.39, 0.29) is 0 Å². The average Bonchev–Trinajstić information content (AvgIpc) is 2.35. The molecule has 1 rings (SSSR count). The van der Waals surface area contributed by atoms with E-state index in [1.807, 2.05) is 0 Å². The molecule has 1 heterocycles. The van der Waals surface area contributed by atoms with Crippen molar-refractivity contribution in [3.05, 3.63) is 0 Å². The van der Waals surface area contributed by atoms with Gasteiger partial charge in [0.25, 0.3) is 10.1 Å². The Balaban J connectivity index is 0.000000621. The molecule has 0 atom stereocenters. The molecule has 0 spiro atoms. The van der Waals surface area contributed by atoms with E-state index in [2.05, 4.69) is 18.7 Å². The zero-order chi connectivity index (χ0) is 15.4. The molecule has 0 amide bonds. The van der Waals surface area contributed by atoms with Crippen molar-refractivity contribution in [3.63, 3.8) is 0 Å². The SMILES string of the molecule is CCCCCCN1CCC(CCC)CC1.CS(=O)(=O)O. The van der Waals surface area contributed by atoms with Crippen LogP contribution in [0.5, 0.6) is 0 Å². The number of unbranched alkanes of at least 4 members (excludes halogenated alkanes) is 3. The van der Waals surface area contributed by atoms with E-state index in [0.717, 1.165) is 5.92 Å². The molecule has 0 unspecified atom stereocenters. The van der Waals surface area contributed by atoms with Crippen LogP contribution in [-0.4, -0.2) is 43.8 Å². The zero-order valence-corrected chi connectivity index (χ0v) is 14.3. The second kappa shape index (κ2) is 11.5. The molecule has 5 heteroatoms. The molecule has 0 bridgehead atoms. The Bertz CT molecular complexity index is 298. The van der Waals surface area contributed by atoms with Gasteiger partial charge in [-0.3, -0.25) is 4.55 Å². The Hall–Kier alpha value is -0.130. The zero-order valence-electron chi connectivity index (χ0n) is 13.5. The van der Waals surface area contributed by atoms with Crippen LogP contribution in [0.1, 0.15) is 65.2 Å². The van der Waals surface area contributed by atoms with Gasteiger partial charge < -0.3 is 4.90 Å². The van der Waals surface area contributed by atoms with E-state index in [4.69, 9.17) is 4.55 Å². The minimum Gasteiger partial charge on any atom is -0.303 e. The molecular weight excluding hydrogens is 274 g/mol. The van der Waals surface area contributed by atoms with Crippen molar-refractivity contribution in [1.29, 1.82) is 0 Å². The van der Waals surface area contributed by atoms with Crippen LogP contribution in [0, 0.1) is 5.92 Å². The third-order valence-electron chi connectivity index (χ3n) is 3.73. The lowest BCUT2D eigenvalue weighted by Gasteiger charge is -2.31. The molecule has 0 aliphatic carbocycles. The fraction of sp³-hybridized carbons (Fsp3) is 1.00. The van der Waals surface area contributed by atoms with Crippen molar-refractivity contribution in [2.45, 2.75) is 65.2 Å². The summed E-state index contributed by atoms with van der Waals surface area (Å²) in [4.78, 5) is 2.68. The summed E-state index contributed by atoms with van der Waals surface area (Å²) in [5, 5.41) is 0. The van der Waals surface area contributed by atoms with Crippen molar-refractivity contribution < 1.29 is 13.0 Å². The van der Waals surface area contributed by atoms with Crippen LogP contribution in [-0.2, 0) is 10.1 Å². The van der Waals surface area contributed by atoms with Gasteiger partial charge in [-0.1, -0.05) is 46.0 Å². The van der Waals surface area contributed by atoms with E-state index in [0.29, 0.717) is 6.26 Å². The molecular formula is C15H33NO3S. The van der Waals surface area contributed by atoms with Crippen molar-refractivity contribution >= 4 is 10.1 Å². The smallest absolute Gasteiger partial charge is 0.261 e. The highest BCUT2D eigenvalue weighted by molar-refractivity contribution is 7.85. The Labute approximate surface area is 125 Å². The fourth-order valence-electron chi connectivity index (χ4n) is 2.67. The van der Waals surface area contributed by atoms with Gasteiger partial charge in [-0.25, -0.2) is 0 Å². The Morgan fingerprint density at radius 2 is 1.60 bits per heavy atom. The van der Waals surface area contributed by atoms with Crippen LogP contribution in [0.25, 0.3) is 0 Å². The molecule has 0 aromatic rings. The first-order valence-electron chi connectivity index (χ1n) is 8.01. The van der Waals surface area contributed by atoms with Crippen LogP contribution in [0.2, 0.25) is 0 Å². The molecule has 1 aliphatic rings. The van der Waals surface area contributed by atoms with Gasteiger partial charge in [-0.05, 0) is 44.8 Å². The Morgan fingerprint density at radius 1 is 1.05 bits per heavy atom. The quantitative estimate of drug-likeness (QED) is 0.577. The number of likely N-dealkylation sites (tertiary alicyclic amines) is 1. The first-order chi connectivity index (χ1) is 9.36. The minimum atomic E-state index is -3.67. The number of hydrogen-bond donors (Lipinski definition) is 1. The summed E-state index contributed by atoms with van der Waals surface area (Å²) in [6.07, 6.45) is 12.1. The Morgan fingerprint density at radius 3 is 2.05 bits per heavy atom. The molecule has 122 valence electrons. The normalized spacial score (nSPS) is 17.6. The van der Waals surface area contributed by atoms with E-state index >= 15 is 0 Å². The van der Waals surface area contributed by atoms with Gasteiger partial charge in [-0.15, -0.1) is 0 Å². The average molecular weight is 308 g/mol. The molecule has 1 aliphatic heterocycles. The standard InChI is InChI=1S/C14H29N.CH4O3S/c1-3-5-6-7-11-15-12-9-14(8-4-2)10-13-15;1-5(2,3)4/h14H,3-13H2,1-2H3;1H3,(H,2,3,4). The Kier molecular flexibility index (Phi) is 11.4. The highest BCUT2D eigenvalue weighted by atomic mass is 32.2. The number of rotatable bonds is 7. The third kappa shape index (κ3) is 14.3. The van der Waals surface area contributed by atoms with Crippen LogP contribution in [0.3, 0.4) is 0 Å². The van der Waals surface area contributed by atoms with Gasteiger partial charge in [0.1, 0.15) is 0 Å². The maximum absolute atomic E-state index is 9.19. The number of nitrogens with zero attached hydrogens (tertiary/aromatic N) is 1. The van der Waals surface area contributed by atoms with E-state index < -0.39 is 10.1 Å². The van der Waals surface area contributed by atoms with Crippen molar-refractivity contribution in [2.75, 3.05) is 25.9 Å². The summed E-state index contributed by atoms with van der Waals surface area (Å²) in [5.41, 5.74) is 0. The lowest BCUT2D eigenvalue weighted by atomic mass is 9.92. The maximum atomic E-state index is 9.19. The summed E-state index contributed by atoms with van der Waals surface area (Å²) < 4.78 is 25.9. The van der Waals surface area contributed by atoms with Gasteiger partial charge in [0.05, 0.1) is 6.26 Å². The van der Waals surface area contributed by atoms with Gasteiger partial charge >= 0.3 is 0 Å². The summed E-state index contributed by atoms with van der Waals surface area (Å²) >= 11 is 0. The largest absolute Gasteiger partial charge is 0.303 e. The van der Waals surface area contributed by atoms with Crippen LogP contribution < -0.4 is 0 Å². The molecule has 1 saturated heterocycles. The van der Waals surface area contributed by atoms with Gasteiger partial charge in [0, 0.05) is 0 Å². The van der Waals surface area contributed by atoms with Crippen molar-refractivity contribution in [3.8, 4) is 0 Å². The lowest BCUT2D eigenvalue weighted by molar-refractivity contribution is 0.175. The predicted octanol–water partition coefficient (Wildman–Crippen LogP) is 3.58. The summed E-state index contributed by atoms with van der Waals surface area (Å²) in [7, 11) is -3.67. The van der Waals surface area contributed by atoms with Gasteiger partial charge in [0.15, 0.2) is 0 Å². The van der Waals surface area contributed by atoms with Crippen molar-refractivity contribution in [1.82, 2.24) is 4.90 Å². The van der Waals surface area contributed by atoms with E-state index in [1.54, 1.807) is 0 Å². The number of piperidine rings is 1. The van der Waals surface area contributed by atoms with Crippen LogP contribution in [0.4, 0.5) is 0 Å². The second-order valence-electron chi connectivity index (χ2n) is 5.87. The molecule has 0 radical (unpaired) electrons. The fourth-order valence-corrected chi connectivity index (χ4v) is 2.67. The van der Waals surface area contributed by atoms with Gasteiger partial charge in [-0.2, -0.15) is 8.42 Å². The lowest BCUT2D eigenvalue weighted by Crippen LogP contribution is -2.34. The van der Waals surface area contributed by atoms with Gasteiger partial charge in [0.2, 0.25) is 0 Å². The first-order valence-corrected chi connectivity index (χ1v) is 9.86. The van der Waals surface area contributed by atoms with Crippen LogP contribution in [0.15, 0.2) is 0 Å². The summed E-state index contributed by atoms with van der Waals surface area (Å²) in [6.45, 7) is 8.71. The predicted molar refractivity (Wildman–Crippen MR) is 85.7 cm³/mol. The first kappa shape index (κ1) is 19.9. The highest BCUT2D eigenvalue weighted by Gasteiger charge is 2.17. The molecule has 0 saturated carbocycles. The minimum absolute atomic E-state index is 0.715. The molecule has 0 aromatic carbocycles. The maximum Gasteiger partial charge on any atom is 0.261 e. The molecule has 4 nitrogen and oxygen atoms in total. The summed E-state index contributed by atoms with van der Waals surface area (Å²) in [6, 6.07) is 0. The molecule has 20 heavy (non-hydrogen) atoms. The molecule has 1 N–H and O–H groups in total. The molecule has 0 aromatic heterocycles. The third-order valence-corrected chi connectivity index (χ3v) is 3.73.